The lowest BCUT2D eigenvalue weighted by Crippen LogP contribution is -2.43. The Kier molecular flexibility index (Phi) is 6.30. The summed E-state index contributed by atoms with van der Waals surface area (Å²) in [5.41, 5.74) is 0. The fourth-order valence-corrected chi connectivity index (χ4v) is 5.44. The molecule has 0 aromatic carbocycles. The van der Waals surface area contributed by atoms with E-state index in [9.17, 15) is 8.42 Å². The lowest BCUT2D eigenvalue weighted by Gasteiger charge is -2.30. The molecule has 0 amide bonds. The van der Waals surface area contributed by atoms with Crippen molar-refractivity contribution in [2.45, 2.75) is 76.8 Å². The summed E-state index contributed by atoms with van der Waals surface area (Å²) in [5, 5.41) is 3.45. The molecule has 2 aliphatic heterocycles. The van der Waals surface area contributed by atoms with E-state index in [0.29, 0.717) is 11.8 Å². The van der Waals surface area contributed by atoms with Gasteiger partial charge in [-0.3, -0.25) is 0 Å². The molecule has 0 aromatic heterocycles. The van der Waals surface area contributed by atoms with Gasteiger partial charge in [0.05, 0.1) is 5.75 Å². The maximum absolute atomic E-state index is 12.6. The van der Waals surface area contributed by atoms with Crippen LogP contribution in [0.4, 0.5) is 0 Å². The maximum atomic E-state index is 12.6. The van der Waals surface area contributed by atoms with Gasteiger partial charge in [0.25, 0.3) is 0 Å². The average molecular weight is 302 g/mol. The lowest BCUT2D eigenvalue weighted by molar-refractivity contribution is 0.312. The molecule has 0 saturated carbocycles. The van der Waals surface area contributed by atoms with Crippen LogP contribution in [0, 0.1) is 0 Å². The van der Waals surface area contributed by atoms with Gasteiger partial charge in [0.1, 0.15) is 0 Å². The van der Waals surface area contributed by atoms with Crippen LogP contribution in [-0.2, 0) is 10.0 Å². The molecule has 5 heteroatoms. The first-order valence-corrected chi connectivity index (χ1v) is 9.97. The van der Waals surface area contributed by atoms with Crippen molar-refractivity contribution in [2.75, 3.05) is 18.8 Å². The molecule has 2 unspecified atom stereocenters. The molecule has 2 atom stereocenters. The highest BCUT2D eigenvalue weighted by molar-refractivity contribution is 7.89. The van der Waals surface area contributed by atoms with E-state index >= 15 is 0 Å². The molecular weight excluding hydrogens is 272 g/mol. The number of hydrogen-bond donors (Lipinski definition) is 1. The van der Waals surface area contributed by atoms with Gasteiger partial charge in [-0.1, -0.05) is 26.2 Å². The smallest absolute Gasteiger partial charge is 0.214 e. The van der Waals surface area contributed by atoms with Gasteiger partial charge in [-0.2, -0.15) is 4.31 Å². The molecule has 0 aromatic rings. The molecule has 2 heterocycles. The van der Waals surface area contributed by atoms with Gasteiger partial charge in [-0.15, -0.1) is 0 Å². The van der Waals surface area contributed by atoms with E-state index < -0.39 is 10.0 Å². The number of rotatable bonds is 5. The number of sulfonamides is 1. The summed E-state index contributed by atoms with van der Waals surface area (Å²) in [6, 6.07) is 0.646. The SMILES string of the molecule is CCC1CCCCCN1S(=O)(=O)CCC1CCCCN1. The second kappa shape index (κ2) is 7.76. The summed E-state index contributed by atoms with van der Waals surface area (Å²) in [6.07, 6.45) is 9.73. The Hall–Kier alpha value is -0.130. The molecule has 0 radical (unpaired) electrons. The first-order chi connectivity index (χ1) is 9.63. The van der Waals surface area contributed by atoms with Crippen LogP contribution in [0.15, 0.2) is 0 Å². The minimum atomic E-state index is -3.07. The van der Waals surface area contributed by atoms with E-state index in [4.69, 9.17) is 0 Å². The number of hydrogen-bond acceptors (Lipinski definition) is 3. The zero-order chi connectivity index (χ0) is 14.4. The van der Waals surface area contributed by atoms with Crippen LogP contribution in [0.2, 0.25) is 0 Å². The second-order valence-electron chi connectivity index (χ2n) is 6.27. The Morgan fingerprint density at radius 2 is 1.90 bits per heavy atom. The Morgan fingerprint density at radius 1 is 1.10 bits per heavy atom. The van der Waals surface area contributed by atoms with E-state index in [1.165, 1.54) is 25.7 Å². The quantitative estimate of drug-likeness (QED) is 0.849. The summed E-state index contributed by atoms with van der Waals surface area (Å²) in [7, 11) is -3.07. The van der Waals surface area contributed by atoms with Crippen LogP contribution in [0.3, 0.4) is 0 Å². The second-order valence-corrected chi connectivity index (χ2v) is 8.31. The highest BCUT2D eigenvalue weighted by atomic mass is 32.2. The Morgan fingerprint density at radius 3 is 2.60 bits per heavy atom. The zero-order valence-electron chi connectivity index (χ0n) is 12.8. The van der Waals surface area contributed by atoms with E-state index in [0.717, 1.165) is 45.2 Å². The van der Waals surface area contributed by atoms with Crippen LogP contribution < -0.4 is 5.32 Å². The Balaban J connectivity index is 1.92. The molecular formula is C15H30N2O2S. The first-order valence-electron chi connectivity index (χ1n) is 8.36. The third-order valence-corrected chi connectivity index (χ3v) is 6.74. The van der Waals surface area contributed by atoms with E-state index in [1.54, 1.807) is 0 Å². The van der Waals surface area contributed by atoms with Gasteiger partial charge in [0, 0.05) is 18.6 Å². The van der Waals surface area contributed by atoms with Gasteiger partial charge in [0.2, 0.25) is 10.0 Å². The number of nitrogens with zero attached hydrogens (tertiary/aromatic N) is 1. The van der Waals surface area contributed by atoms with Crippen molar-refractivity contribution in [1.29, 1.82) is 0 Å². The predicted molar refractivity (Wildman–Crippen MR) is 83.3 cm³/mol. The topological polar surface area (TPSA) is 49.4 Å². The van der Waals surface area contributed by atoms with E-state index in [1.807, 2.05) is 4.31 Å². The van der Waals surface area contributed by atoms with E-state index in [2.05, 4.69) is 12.2 Å². The van der Waals surface area contributed by atoms with Gasteiger partial charge in [0.15, 0.2) is 0 Å². The third-order valence-electron chi connectivity index (χ3n) is 4.79. The highest BCUT2D eigenvalue weighted by Gasteiger charge is 2.30. The molecule has 4 nitrogen and oxygen atoms in total. The fourth-order valence-electron chi connectivity index (χ4n) is 3.50. The minimum Gasteiger partial charge on any atom is -0.314 e. The lowest BCUT2D eigenvalue weighted by atomic mass is 10.0. The van der Waals surface area contributed by atoms with Gasteiger partial charge in [-0.05, 0) is 45.1 Å². The Labute approximate surface area is 124 Å². The molecule has 0 aliphatic carbocycles. The maximum Gasteiger partial charge on any atom is 0.214 e. The molecule has 1 N–H and O–H groups in total. The van der Waals surface area contributed by atoms with Crippen LogP contribution in [0.25, 0.3) is 0 Å². The molecule has 118 valence electrons. The average Bonchev–Trinajstić information content (AvgIpc) is 2.72. The van der Waals surface area contributed by atoms with Crippen molar-refractivity contribution >= 4 is 10.0 Å². The van der Waals surface area contributed by atoms with Crippen LogP contribution in [-0.4, -0.2) is 43.6 Å². The number of nitrogens with one attached hydrogen (secondary N) is 1. The van der Waals surface area contributed by atoms with E-state index in [-0.39, 0.29) is 6.04 Å². The van der Waals surface area contributed by atoms with Crippen molar-refractivity contribution in [3.63, 3.8) is 0 Å². The van der Waals surface area contributed by atoms with Crippen molar-refractivity contribution in [1.82, 2.24) is 9.62 Å². The molecule has 20 heavy (non-hydrogen) atoms. The van der Waals surface area contributed by atoms with Gasteiger partial charge < -0.3 is 5.32 Å². The zero-order valence-corrected chi connectivity index (χ0v) is 13.6. The molecule has 2 saturated heterocycles. The predicted octanol–water partition coefficient (Wildman–Crippen LogP) is 2.50. The highest BCUT2D eigenvalue weighted by Crippen LogP contribution is 2.23. The van der Waals surface area contributed by atoms with Crippen molar-refractivity contribution < 1.29 is 8.42 Å². The van der Waals surface area contributed by atoms with Crippen LogP contribution in [0.5, 0.6) is 0 Å². The minimum absolute atomic E-state index is 0.238. The summed E-state index contributed by atoms with van der Waals surface area (Å²) in [4.78, 5) is 0. The third kappa shape index (κ3) is 4.43. The summed E-state index contributed by atoms with van der Waals surface area (Å²) in [5.74, 6) is 0.321. The normalized spacial score (nSPS) is 30.1. The van der Waals surface area contributed by atoms with Crippen LogP contribution >= 0.6 is 0 Å². The summed E-state index contributed by atoms with van der Waals surface area (Å²) >= 11 is 0. The summed E-state index contributed by atoms with van der Waals surface area (Å²) < 4.78 is 27.1. The van der Waals surface area contributed by atoms with Gasteiger partial charge >= 0.3 is 0 Å². The molecule has 2 rings (SSSR count). The standard InChI is InChI=1S/C15H30N2O2S/c1-2-15-9-4-3-7-12-17(15)20(18,19)13-10-14-8-5-6-11-16-14/h14-16H,2-13H2,1H3. The monoisotopic (exact) mass is 302 g/mol. The first kappa shape index (κ1) is 16.2. The largest absolute Gasteiger partial charge is 0.314 e. The van der Waals surface area contributed by atoms with Gasteiger partial charge in [-0.25, -0.2) is 8.42 Å². The van der Waals surface area contributed by atoms with Crippen molar-refractivity contribution in [3.05, 3.63) is 0 Å². The number of piperidine rings is 1. The molecule has 2 aliphatic rings. The summed E-state index contributed by atoms with van der Waals surface area (Å²) in [6.45, 7) is 3.89. The Bertz CT molecular complexity index is 377. The fraction of sp³-hybridized carbons (Fsp3) is 1.00. The molecule has 0 spiro atoms. The molecule has 2 fully saturated rings. The van der Waals surface area contributed by atoms with Crippen molar-refractivity contribution in [3.8, 4) is 0 Å². The van der Waals surface area contributed by atoms with Crippen molar-refractivity contribution in [2.24, 2.45) is 0 Å². The van der Waals surface area contributed by atoms with Crippen LogP contribution in [0.1, 0.15) is 64.7 Å². The molecule has 0 bridgehead atoms.